The monoisotopic (exact) mass is 619 g/mol. The lowest BCUT2D eigenvalue weighted by Crippen LogP contribution is -2.51. The van der Waals surface area contributed by atoms with E-state index in [1.165, 1.54) is 24.1 Å². The molecule has 11 heteroatoms. The highest BCUT2D eigenvalue weighted by Crippen LogP contribution is 2.33. The van der Waals surface area contributed by atoms with E-state index < -0.39 is 28.5 Å². The average Bonchev–Trinajstić information content (AvgIpc) is 2.95. The van der Waals surface area contributed by atoms with E-state index in [1.54, 1.807) is 61.5 Å². The topological polar surface area (TPSA) is 96.0 Å². The number of aryl methyl sites for hydroxylation is 1. The molecule has 0 radical (unpaired) electrons. The Bertz CT molecular complexity index is 1470. The number of amides is 2. The van der Waals surface area contributed by atoms with Gasteiger partial charge in [0.25, 0.3) is 10.0 Å². The number of hydrogen-bond donors (Lipinski definition) is 1. The minimum absolute atomic E-state index is 0.0134. The van der Waals surface area contributed by atoms with Gasteiger partial charge in [-0.1, -0.05) is 72.4 Å². The predicted octanol–water partition coefficient (Wildman–Crippen LogP) is 5.84. The molecule has 3 rings (SSSR count). The van der Waals surface area contributed by atoms with Crippen molar-refractivity contribution in [3.63, 3.8) is 0 Å². The molecule has 0 unspecified atom stereocenters. The van der Waals surface area contributed by atoms with E-state index in [9.17, 15) is 18.0 Å². The highest BCUT2D eigenvalue weighted by Gasteiger charge is 2.34. The van der Waals surface area contributed by atoms with Crippen LogP contribution in [0.3, 0.4) is 0 Å². The molecule has 0 fully saturated rings. The Hall–Kier alpha value is -3.27. The highest BCUT2D eigenvalue weighted by atomic mass is 35.5. The van der Waals surface area contributed by atoms with Gasteiger partial charge in [0, 0.05) is 23.1 Å². The average molecular weight is 621 g/mol. The van der Waals surface area contributed by atoms with Crippen LogP contribution in [0.5, 0.6) is 5.75 Å². The minimum atomic E-state index is -4.22. The van der Waals surface area contributed by atoms with Gasteiger partial charge in [0.1, 0.15) is 18.3 Å². The molecule has 41 heavy (non-hydrogen) atoms. The van der Waals surface area contributed by atoms with Gasteiger partial charge in [0.05, 0.1) is 17.7 Å². The number of ether oxygens (including phenoxy) is 1. The number of anilines is 1. The molecule has 8 nitrogen and oxygen atoms in total. The third-order valence-corrected chi connectivity index (χ3v) is 8.96. The lowest BCUT2D eigenvalue weighted by atomic mass is 10.1. The summed E-state index contributed by atoms with van der Waals surface area (Å²) >= 11 is 12.5. The van der Waals surface area contributed by atoms with Crippen LogP contribution in [-0.4, -0.2) is 51.4 Å². The molecule has 0 saturated carbocycles. The van der Waals surface area contributed by atoms with E-state index in [0.29, 0.717) is 22.2 Å². The van der Waals surface area contributed by atoms with Gasteiger partial charge < -0.3 is 15.0 Å². The standard InChI is InChI=1S/C30H35Cl2N3O5S/c1-5-6-17-33-30(37)22(3)34(19-23-13-14-24(31)18-26(23)32)29(36)20-35(27-9-7-8-10-28(27)40-4)41(38,39)25-15-11-21(2)12-16-25/h7-16,18,22H,5-6,17,19-20H2,1-4H3,(H,33,37)/t22-/m1/s1. The normalized spacial score (nSPS) is 12.0. The summed E-state index contributed by atoms with van der Waals surface area (Å²) in [5.74, 6) is -0.688. The zero-order valence-electron chi connectivity index (χ0n) is 23.6. The lowest BCUT2D eigenvalue weighted by molar-refractivity contribution is -0.139. The van der Waals surface area contributed by atoms with E-state index in [0.717, 1.165) is 22.7 Å². The molecule has 0 aromatic heterocycles. The number of rotatable bonds is 13. The molecule has 0 spiro atoms. The number of nitrogens with zero attached hydrogens (tertiary/aromatic N) is 2. The molecular weight excluding hydrogens is 585 g/mol. The van der Waals surface area contributed by atoms with Crippen LogP contribution in [0.2, 0.25) is 10.0 Å². The first kappa shape index (κ1) is 32.2. The molecule has 0 aliphatic heterocycles. The summed E-state index contributed by atoms with van der Waals surface area (Å²) in [6, 6.07) is 16.9. The smallest absolute Gasteiger partial charge is 0.264 e. The van der Waals surface area contributed by atoms with Crippen LogP contribution in [0.15, 0.2) is 71.6 Å². The van der Waals surface area contributed by atoms with Crippen molar-refractivity contribution in [2.75, 3.05) is 24.5 Å². The number of para-hydroxylation sites is 2. The second kappa shape index (κ2) is 14.6. The number of unbranched alkanes of at least 4 members (excludes halogenated alkanes) is 1. The van der Waals surface area contributed by atoms with Crippen molar-refractivity contribution in [1.29, 1.82) is 0 Å². The number of halogens is 2. The van der Waals surface area contributed by atoms with Gasteiger partial charge >= 0.3 is 0 Å². The van der Waals surface area contributed by atoms with Gasteiger partial charge in [-0.2, -0.15) is 0 Å². The van der Waals surface area contributed by atoms with Crippen molar-refractivity contribution in [2.24, 2.45) is 0 Å². The second-order valence-corrected chi connectivity index (χ2v) is 12.3. The number of benzene rings is 3. The fourth-order valence-electron chi connectivity index (χ4n) is 4.14. The molecule has 220 valence electrons. The Labute approximate surface area is 252 Å². The molecule has 3 aromatic rings. The summed E-state index contributed by atoms with van der Waals surface area (Å²) in [6.45, 7) is 5.29. The number of nitrogens with one attached hydrogen (secondary N) is 1. The van der Waals surface area contributed by atoms with Gasteiger partial charge in [-0.25, -0.2) is 8.42 Å². The van der Waals surface area contributed by atoms with Crippen LogP contribution in [0.4, 0.5) is 5.69 Å². The summed E-state index contributed by atoms with van der Waals surface area (Å²) in [5, 5.41) is 3.60. The molecule has 1 atom stereocenters. The third kappa shape index (κ3) is 8.15. The largest absolute Gasteiger partial charge is 0.495 e. The Balaban J connectivity index is 2.06. The fourth-order valence-corrected chi connectivity index (χ4v) is 6.03. The summed E-state index contributed by atoms with van der Waals surface area (Å²) in [6.07, 6.45) is 1.67. The third-order valence-electron chi connectivity index (χ3n) is 6.59. The van der Waals surface area contributed by atoms with Crippen molar-refractivity contribution in [3.05, 3.63) is 87.9 Å². The number of methoxy groups -OCH3 is 1. The maximum atomic E-state index is 14.0. The number of hydrogen-bond acceptors (Lipinski definition) is 5. The predicted molar refractivity (Wildman–Crippen MR) is 163 cm³/mol. The summed E-state index contributed by atoms with van der Waals surface area (Å²) in [4.78, 5) is 28.5. The lowest BCUT2D eigenvalue weighted by Gasteiger charge is -2.32. The first-order valence-electron chi connectivity index (χ1n) is 13.2. The Morgan fingerprint density at radius 3 is 2.34 bits per heavy atom. The molecular formula is C30H35Cl2N3O5S. The zero-order chi connectivity index (χ0) is 30.2. The van der Waals surface area contributed by atoms with E-state index in [1.807, 2.05) is 13.8 Å². The van der Waals surface area contributed by atoms with Crippen LogP contribution in [-0.2, 0) is 26.2 Å². The Morgan fingerprint density at radius 1 is 1.02 bits per heavy atom. The molecule has 0 heterocycles. The van der Waals surface area contributed by atoms with Gasteiger partial charge in [-0.3, -0.25) is 13.9 Å². The first-order chi connectivity index (χ1) is 19.5. The molecule has 0 aliphatic carbocycles. The number of carbonyl (C=O) groups excluding carboxylic acids is 2. The van der Waals surface area contributed by atoms with Crippen LogP contribution in [0.25, 0.3) is 0 Å². The molecule has 2 amide bonds. The quantitative estimate of drug-likeness (QED) is 0.243. The fraction of sp³-hybridized carbons (Fsp3) is 0.333. The molecule has 0 saturated heterocycles. The second-order valence-electron chi connectivity index (χ2n) is 9.57. The van der Waals surface area contributed by atoms with E-state index in [4.69, 9.17) is 27.9 Å². The van der Waals surface area contributed by atoms with Gasteiger partial charge in [-0.05, 0) is 62.2 Å². The van der Waals surface area contributed by atoms with Crippen molar-refractivity contribution in [2.45, 2.75) is 51.1 Å². The summed E-state index contributed by atoms with van der Waals surface area (Å²) < 4.78 is 34.4. The van der Waals surface area contributed by atoms with Gasteiger partial charge in [0.2, 0.25) is 11.8 Å². The maximum Gasteiger partial charge on any atom is 0.264 e. The number of carbonyl (C=O) groups is 2. The zero-order valence-corrected chi connectivity index (χ0v) is 25.9. The van der Waals surface area contributed by atoms with Crippen molar-refractivity contribution in [3.8, 4) is 5.75 Å². The minimum Gasteiger partial charge on any atom is -0.495 e. The molecule has 0 bridgehead atoms. The molecule has 0 aliphatic rings. The van der Waals surface area contributed by atoms with Gasteiger partial charge in [0.15, 0.2) is 0 Å². The Morgan fingerprint density at radius 2 is 1.71 bits per heavy atom. The Kier molecular flexibility index (Phi) is 11.5. The molecule has 3 aromatic carbocycles. The van der Waals surface area contributed by atoms with Crippen molar-refractivity contribution in [1.82, 2.24) is 10.2 Å². The van der Waals surface area contributed by atoms with Crippen LogP contribution in [0, 0.1) is 6.92 Å². The highest BCUT2D eigenvalue weighted by molar-refractivity contribution is 7.92. The van der Waals surface area contributed by atoms with E-state index >= 15 is 0 Å². The van der Waals surface area contributed by atoms with Crippen LogP contribution in [0.1, 0.15) is 37.8 Å². The van der Waals surface area contributed by atoms with Crippen molar-refractivity contribution < 1.29 is 22.7 Å². The first-order valence-corrected chi connectivity index (χ1v) is 15.4. The van der Waals surface area contributed by atoms with Gasteiger partial charge in [-0.15, -0.1) is 0 Å². The summed E-state index contributed by atoms with van der Waals surface area (Å²) in [5.41, 5.74) is 1.63. The van der Waals surface area contributed by atoms with Crippen molar-refractivity contribution >= 4 is 50.7 Å². The van der Waals surface area contributed by atoms with Crippen LogP contribution >= 0.6 is 23.2 Å². The van der Waals surface area contributed by atoms with E-state index in [-0.39, 0.29) is 28.8 Å². The van der Waals surface area contributed by atoms with Crippen LogP contribution < -0.4 is 14.4 Å². The maximum absolute atomic E-state index is 14.0. The number of sulfonamides is 1. The SMILES string of the molecule is CCCCNC(=O)[C@@H](C)N(Cc1ccc(Cl)cc1Cl)C(=O)CN(c1ccccc1OC)S(=O)(=O)c1ccc(C)cc1. The summed E-state index contributed by atoms with van der Waals surface area (Å²) in [7, 11) is -2.79. The van der Waals surface area contributed by atoms with E-state index in [2.05, 4.69) is 5.32 Å². The molecule has 1 N–H and O–H groups in total.